The third kappa shape index (κ3) is 5.10. The molecule has 0 aromatic heterocycles. The molecule has 1 aliphatic carbocycles. The Bertz CT molecular complexity index is 844. The van der Waals surface area contributed by atoms with Gasteiger partial charge in [0.15, 0.2) is 0 Å². The van der Waals surface area contributed by atoms with Crippen molar-refractivity contribution in [2.24, 2.45) is 11.8 Å². The first-order valence-electron chi connectivity index (χ1n) is 10.3. The molecule has 0 bridgehead atoms. The molecule has 4 rings (SSSR count). The number of hydrogen-bond donors (Lipinski definition) is 2. The summed E-state index contributed by atoms with van der Waals surface area (Å²) < 4.78 is 0. The summed E-state index contributed by atoms with van der Waals surface area (Å²) in [4.78, 5) is 27.1. The molecule has 6 heteroatoms. The smallest absolute Gasteiger partial charge is 0.321 e. The molecule has 1 unspecified atom stereocenters. The number of nitrogens with one attached hydrogen (secondary N) is 2. The first-order chi connectivity index (χ1) is 14.1. The normalized spacial score (nSPS) is 18.2. The lowest BCUT2D eigenvalue weighted by molar-refractivity contribution is -0.127. The molecule has 152 valence electrons. The van der Waals surface area contributed by atoms with Crippen LogP contribution < -0.4 is 10.6 Å². The number of rotatable bonds is 5. The Morgan fingerprint density at radius 2 is 1.59 bits per heavy atom. The van der Waals surface area contributed by atoms with E-state index in [0.29, 0.717) is 36.9 Å². The fourth-order valence-electron chi connectivity index (χ4n) is 3.91. The SMILES string of the molecule is O=C(NC(c1ccc(Cl)cc1)C1CC1)C1CCN(C(=O)Nc2ccccc2)CC1. The molecule has 1 atom stereocenters. The number of anilines is 1. The van der Waals surface area contributed by atoms with Gasteiger partial charge in [0, 0.05) is 29.7 Å². The second-order valence-corrected chi connectivity index (χ2v) is 8.37. The zero-order chi connectivity index (χ0) is 20.2. The van der Waals surface area contributed by atoms with Crippen LogP contribution in [0.3, 0.4) is 0 Å². The molecular weight excluding hydrogens is 386 g/mol. The quantitative estimate of drug-likeness (QED) is 0.738. The highest BCUT2D eigenvalue weighted by Crippen LogP contribution is 2.41. The monoisotopic (exact) mass is 411 g/mol. The van der Waals surface area contributed by atoms with Crippen molar-refractivity contribution in [3.05, 3.63) is 65.2 Å². The van der Waals surface area contributed by atoms with Crippen LogP contribution in [0.1, 0.15) is 37.3 Å². The number of para-hydroxylation sites is 1. The van der Waals surface area contributed by atoms with E-state index in [2.05, 4.69) is 10.6 Å². The van der Waals surface area contributed by atoms with Crippen LogP contribution in [0.15, 0.2) is 54.6 Å². The third-order valence-electron chi connectivity index (χ3n) is 5.80. The van der Waals surface area contributed by atoms with Gasteiger partial charge in [-0.05, 0) is 61.4 Å². The lowest BCUT2D eigenvalue weighted by Gasteiger charge is -2.32. The lowest BCUT2D eigenvalue weighted by atomic mass is 9.94. The number of halogens is 1. The molecule has 2 fully saturated rings. The highest BCUT2D eigenvalue weighted by molar-refractivity contribution is 6.30. The largest absolute Gasteiger partial charge is 0.349 e. The van der Waals surface area contributed by atoms with E-state index in [9.17, 15) is 9.59 Å². The maximum atomic E-state index is 12.9. The molecular formula is C23H26ClN3O2. The molecule has 5 nitrogen and oxygen atoms in total. The van der Waals surface area contributed by atoms with Gasteiger partial charge >= 0.3 is 6.03 Å². The second kappa shape index (κ2) is 8.87. The summed E-state index contributed by atoms with van der Waals surface area (Å²) in [6, 6.07) is 17.1. The maximum absolute atomic E-state index is 12.9. The lowest BCUT2D eigenvalue weighted by Crippen LogP contribution is -2.45. The van der Waals surface area contributed by atoms with E-state index in [4.69, 9.17) is 11.6 Å². The van der Waals surface area contributed by atoms with Gasteiger partial charge in [0.1, 0.15) is 0 Å². The van der Waals surface area contributed by atoms with E-state index in [1.165, 1.54) is 0 Å². The number of carbonyl (C=O) groups is 2. The van der Waals surface area contributed by atoms with Gasteiger partial charge in [-0.15, -0.1) is 0 Å². The average molecular weight is 412 g/mol. The molecule has 3 amide bonds. The Morgan fingerprint density at radius 1 is 0.931 bits per heavy atom. The van der Waals surface area contributed by atoms with Crippen LogP contribution in [-0.4, -0.2) is 29.9 Å². The zero-order valence-electron chi connectivity index (χ0n) is 16.3. The predicted molar refractivity (Wildman–Crippen MR) is 115 cm³/mol. The van der Waals surface area contributed by atoms with Crippen molar-refractivity contribution in [3.63, 3.8) is 0 Å². The minimum Gasteiger partial charge on any atom is -0.349 e. The van der Waals surface area contributed by atoms with Crippen LogP contribution in [0.25, 0.3) is 0 Å². The van der Waals surface area contributed by atoms with E-state index in [1.807, 2.05) is 54.6 Å². The van der Waals surface area contributed by atoms with E-state index in [1.54, 1.807) is 4.90 Å². The molecule has 2 aliphatic rings. The second-order valence-electron chi connectivity index (χ2n) is 7.93. The highest BCUT2D eigenvalue weighted by Gasteiger charge is 2.35. The molecule has 0 radical (unpaired) electrons. The first kappa shape index (κ1) is 19.8. The fraction of sp³-hybridized carbons (Fsp3) is 0.391. The van der Waals surface area contributed by atoms with Crippen LogP contribution in [0, 0.1) is 11.8 Å². The maximum Gasteiger partial charge on any atom is 0.321 e. The van der Waals surface area contributed by atoms with Gasteiger partial charge in [-0.1, -0.05) is 41.9 Å². The molecule has 0 spiro atoms. The molecule has 1 aliphatic heterocycles. The van der Waals surface area contributed by atoms with Crippen LogP contribution in [0.5, 0.6) is 0 Å². The Morgan fingerprint density at radius 3 is 2.21 bits per heavy atom. The number of nitrogens with zero attached hydrogens (tertiary/aromatic N) is 1. The summed E-state index contributed by atoms with van der Waals surface area (Å²) in [7, 11) is 0. The number of amides is 3. The minimum absolute atomic E-state index is 0.0516. The number of carbonyl (C=O) groups excluding carboxylic acids is 2. The van der Waals surface area contributed by atoms with Crippen molar-refractivity contribution in [2.45, 2.75) is 31.7 Å². The van der Waals surface area contributed by atoms with Gasteiger partial charge in [-0.3, -0.25) is 4.79 Å². The van der Waals surface area contributed by atoms with Crippen LogP contribution in [-0.2, 0) is 4.79 Å². The summed E-state index contributed by atoms with van der Waals surface area (Å²) in [5.74, 6) is 0.557. The number of urea groups is 1. The van der Waals surface area contributed by atoms with Gasteiger partial charge in [-0.25, -0.2) is 4.79 Å². The van der Waals surface area contributed by atoms with Crippen molar-refractivity contribution in [3.8, 4) is 0 Å². The van der Waals surface area contributed by atoms with E-state index in [0.717, 1.165) is 24.1 Å². The third-order valence-corrected chi connectivity index (χ3v) is 6.05. The van der Waals surface area contributed by atoms with Crippen molar-refractivity contribution < 1.29 is 9.59 Å². The molecule has 29 heavy (non-hydrogen) atoms. The summed E-state index contributed by atoms with van der Waals surface area (Å²) in [5.41, 5.74) is 1.90. The van der Waals surface area contributed by atoms with Gasteiger partial charge in [-0.2, -0.15) is 0 Å². The van der Waals surface area contributed by atoms with E-state index < -0.39 is 0 Å². The summed E-state index contributed by atoms with van der Waals surface area (Å²) in [6.45, 7) is 1.18. The van der Waals surface area contributed by atoms with Crippen molar-refractivity contribution in [1.29, 1.82) is 0 Å². The van der Waals surface area contributed by atoms with E-state index >= 15 is 0 Å². The van der Waals surface area contributed by atoms with E-state index in [-0.39, 0.29) is 23.9 Å². The van der Waals surface area contributed by atoms with Gasteiger partial charge < -0.3 is 15.5 Å². The highest BCUT2D eigenvalue weighted by atomic mass is 35.5. The van der Waals surface area contributed by atoms with Crippen LogP contribution >= 0.6 is 11.6 Å². The molecule has 2 aromatic carbocycles. The van der Waals surface area contributed by atoms with Crippen molar-refractivity contribution in [2.75, 3.05) is 18.4 Å². The topological polar surface area (TPSA) is 61.4 Å². The Hall–Kier alpha value is -2.53. The molecule has 2 N–H and O–H groups in total. The Kier molecular flexibility index (Phi) is 6.05. The summed E-state index contributed by atoms with van der Waals surface area (Å²) >= 11 is 6.00. The average Bonchev–Trinajstić information content (AvgIpc) is 3.59. The molecule has 2 aromatic rings. The van der Waals surface area contributed by atoms with Gasteiger partial charge in [0.25, 0.3) is 0 Å². The Labute approximate surface area is 176 Å². The number of likely N-dealkylation sites (tertiary alicyclic amines) is 1. The fourth-order valence-corrected chi connectivity index (χ4v) is 4.04. The first-order valence-corrected chi connectivity index (χ1v) is 10.6. The Balaban J connectivity index is 1.30. The van der Waals surface area contributed by atoms with Crippen LogP contribution in [0.2, 0.25) is 5.02 Å². The minimum atomic E-state index is -0.105. The molecule has 1 saturated carbocycles. The van der Waals surface area contributed by atoms with Crippen LogP contribution in [0.4, 0.5) is 10.5 Å². The summed E-state index contributed by atoms with van der Waals surface area (Å²) in [5, 5.41) is 6.88. The zero-order valence-corrected chi connectivity index (χ0v) is 17.1. The number of piperidine rings is 1. The number of benzene rings is 2. The van der Waals surface area contributed by atoms with Crippen molar-refractivity contribution >= 4 is 29.2 Å². The predicted octanol–water partition coefficient (Wildman–Crippen LogP) is 4.85. The molecule has 1 heterocycles. The standard InChI is InChI=1S/C23H26ClN3O2/c24-19-10-8-17(9-11-19)21(16-6-7-16)26-22(28)18-12-14-27(15-13-18)23(29)25-20-4-2-1-3-5-20/h1-5,8-11,16,18,21H,6-7,12-15H2,(H,25,29)(H,26,28). The summed E-state index contributed by atoms with van der Waals surface area (Å²) in [6.07, 6.45) is 3.66. The van der Waals surface area contributed by atoms with Crippen molar-refractivity contribution in [1.82, 2.24) is 10.2 Å². The van der Waals surface area contributed by atoms with Gasteiger partial charge in [0.05, 0.1) is 6.04 Å². The number of hydrogen-bond acceptors (Lipinski definition) is 2. The molecule has 1 saturated heterocycles. The van der Waals surface area contributed by atoms with Gasteiger partial charge in [0.2, 0.25) is 5.91 Å².